The minimum Gasteiger partial charge on any atom is -0.378 e. The molecule has 6 heteroatoms. The SMILES string of the molecule is Cc1cccc(C(=O)NC(C(=O)Nc2ccc(N3CCOCC3)cc2)C(C)C)c1. The van der Waals surface area contributed by atoms with Gasteiger partial charge in [-0.2, -0.15) is 0 Å². The monoisotopic (exact) mass is 395 g/mol. The van der Waals surface area contributed by atoms with E-state index in [1.807, 2.05) is 63.2 Å². The van der Waals surface area contributed by atoms with Crippen LogP contribution in [0.5, 0.6) is 0 Å². The molecule has 0 aliphatic carbocycles. The van der Waals surface area contributed by atoms with E-state index in [-0.39, 0.29) is 17.7 Å². The van der Waals surface area contributed by atoms with Crippen LogP contribution in [0.25, 0.3) is 0 Å². The number of nitrogens with one attached hydrogen (secondary N) is 2. The third-order valence-corrected chi connectivity index (χ3v) is 5.03. The van der Waals surface area contributed by atoms with Gasteiger partial charge in [-0.05, 0) is 49.2 Å². The van der Waals surface area contributed by atoms with E-state index in [1.165, 1.54) is 0 Å². The van der Waals surface area contributed by atoms with Gasteiger partial charge in [-0.25, -0.2) is 0 Å². The highest BCUT2D eigenvalue weighted by atomic mass is 16.5. The van der Waals surface area contributed by atoms with Gasteiger partial charge in [-0.15, -0.1) is 0 Å². The third kappa shape index (κ3) is 5.57. The number of aryl methyl sites for hydroxylation is 1. The first-order valence-electron chi connectivity index (χ1n) is 10.0. The Labute approximate surface area is 172 Å². The quantitative estimate of drug-likeness (QED) is 0.788. The number of morpholine rings is 1. The standard InChI is InChI=1S/C23H29N3O3/c1-16(2)21(25-22(27)18-6-4-5-17(3)15-18)23(28)24-19-7-9-20(10-8-19)26-11-13-29-14-12-26/h4-10,15-16,21H,11-14H2,1-3H3,(H,24,28)(H,25,27). The van der Waals surface area contributed by atoms with Crippen LogP contribution in [0.15, 0.2) is 48.5 Å². The molecule has 1 aliphatic rings. The van der Waals surface area contributed by atoms with Gasteiger partial charge in [0.25, 0.3) is 5.91 Å². The zero-order chi connectivity index (χ0) is 20.8. The molecule has 0 spiro atoms. The normalized spacial score (nSPS) is 15.1. The molecular formula is C23H29N3O3. The molecule has 154 valence electrons. The average Bonchev–Trinajstić information content (AvgIpc) is 2.72. The van der Waals surface area contributed by atoms with E-state index in [0.29, 0.717) is 11.3 Å². The van der Waals surface area contributed by atoms with Crippen molar-refractivity contribution < 1.29 is 14.3 Å². The summed E-state index contributed by atoms with van der Waals surface area (Å²) >= 11 is 0. The minimum atomic E-state index is -0.623. The summed E-state index contributed by atoms with van der Waals surface area (Å²) in [6, 6.07) is 14.5. The number of amides is 2. The van der Waals surface area contributed by atoms with Crippen LogP contribution in [-0.4, -0.2) is 44.2 Å². The van der Waals surface area contributed by atoms with Crippen molar-refractivity contribution in [3.05, 3.63) is 59.7 Å². The molecule has 29 heavy (non-hydrogen) atoms. The first-order valence-corrected chi connectivity index (χ1v) is 10.0. The summed E-state index contributed by atoms with van der Waals surface area (Å²) in [5, 5.41) is 5.79. The first-order chi connectivity index (χ1) is 13.9. The number of benzene rings is 2. The van der Waals surface area contributed by atoms with Crippen molar-refractivity contribution in [2.24, 2.45) is 5.92 Å². The summed E-state index contributed by atoms with van der Waals surface area (Å²) in [4.78, 5) is 27.7. The van der Waals surface area contributed by atoms with Crippen molar-refractivity contribution in [3.8, 4) is 0 Å². The molecular weight excluding hydrogens is 366 g/mol. The molecule has 2 aromatic rings. The topological polar surface area (TPSA) is 70.7 Å². The second-order valence-corrected chi connectivity index (χ2v) is 7.70. The zero-order valence-electron chi connectivity index (χ0n) is 17.3. The highest BCUT2D eigenvalue weighted by Gasteiger charge is 2.25. The van der Waals surface area contributed by atoms with Crippen LogP contribution in [0.3, 0.4) is 0 Å². The van der Waals surface area contributed by atoms with Gasteiger partial charge in [0, 0.05) is 30.0 Å². The Hall–Kier alpha value is -2.86. The maximum absolute atomic E-state index is 12.8. The molecule has 6 nitrogen and oxygen atoms in total. The van der Waals surface area contributed by atoms with Gasteiger partial charge in [-0.3, -0.25) is 9.59 Å². The second-order valence-electron chi connectivity index (χ2n) is 7.70. The molecule has 0 bridgehead atoms. The van der Waals surface area contributed by atoms with Crippen molar-refractivity contribution in [2.45, 2.75) is 26.8 Å². The van der Waals surface area contributed by atoms with Gasteiger partial charge in [0.05, 0.1) is 13.2 Å². The number of nitrogens with zero attached hydrogens (tertiary/aromatic N) is 1. The fourth-order valence-corrected chi connectivity index (χ4v) is 3.34. The summed E-state index contributed by atoms with van der Waals surface area (Å²) in [5.74, 6) is -0.512. The van der Waals surface area contributed by atoms with E-state index >= 15 is 0 Å². The number of carbonyl (C=O) groups excluding carboxylic acids is 2. The average molecular weight is 396 g/mol. The van der Waals surface area contributed by atoms with E-state index in [4.69, 9.17) is 4.74 Å². The van der Waals surface area contributed by atoms with Crippen molar-refractivity contribution in [2.75, 3.05) is 36.5 Å². The number of carbonyl (C=O) groups is 2. The Bertz CT molecular complexity index is 843. The number of ether oxygens (including phenoxy) is 1. The summed E-state index contributed by atoms with van der Waals surface area (Å²) in [6.07, 6.45) is 0. The minimum absolute atomic E-state index is 0.0450. The molecule has 1 atom stereocenters. The zero-order valence-corrected chi connectivity index (χ0v) is 17.3. The van der Waals surface area contributed by atoms with Crippen molar-refractivity contribution in [1.29, 1.82) is 0 Å². The van der Waals surface area contributed by atoms with E-state index in [9.17, 15) is 9.59 Å². The highest BCUT2D eigenvalue weighted by molar-refractivity contribution is 6.01. The van der Waals surface area contributed by atoms with Crippen LogP contribution >= 0.6 is 0 Å². The molecule has 3 rings (SSSR count). The lowest BCUT2D eigenvalue weighted by Gasteiger charge is -2.29. The summed E-state index contributed by atoms with van der Waals surface area (Å²) in [5.41, 5.74) is 3.38. The molecule has 2 amide bonds. The summed E-state index contributed by atoms with van der Waals surface area (Å²) in [7, 11) is 0. The van der Waals surface area contributed by atoms with E-state index in [0.717, 1.165) is 37.6 Å². The van der Waals surface area contributed by atoms with Gasteiger partial charge >= 0.3 is 0 Å². The molecule has 0 saturated carbocycles. The summed E-state index contributed by atoms with van der Waals surface area (Å²) < 4.78 is 5.38. The molecule has 1 aliphatic heterocycles. The Balaban J connectivity index is 1.64. The smallest absolute Gasteiger partial charge is 0.251 e. The van der Waals surface area contributed by atoms with Crippen LogP contribution in [-0.2, 0) is 9.53 Å². The lowest BCUT2D eigenvalue weighted by molar-refractivity contribution is -0.118. The lowest BCUT2D eigenvalue weighted by Crippen LogP contribution is -2.47. The molecule has 2 aromatic carbocycles. The number of hydrogen-bond acceptors (Lipinski definition) is 4. The predicted molar refractivity (Wildman–Crippen MR) is 115 cm³/mol. The molecule has 1 saturated heterocycles. The summed E-state index contributed by atoms with van der Waals surface area (Å²) in [6.45, 7) is 8.97. The van der Waals surface area contributed by atoms with Crippen LogP contribution in [0.4, 0.5) is 11.4 Å². The first kappa shape index (κ1) is 20.9. The highest BCUT2D eigenvalue weighted by Crippen LogP contribution is 2.19. The molecule has 0 radical (unpaired) electrons. The van der Waals surface area contributed by atoms with Crippen LogP contribution in [0.1, 0.15) is 29.8 Å². The Morgan fingerprint density at radius 2 is 1.72 bits per heavy atom. The largest absolute Gasteiger partial charge is 0.378 e. The molecule has 1 unspecified atom stereocenters. The number of rotatable bonds is 6. The van der Waals surface area contributed by atoms with Gasteiger partial charge < -0.3 is 20.3 Å². The molecule has 1 heterocycles. The Kier molecular flexibility index (Phi) is 6.88. The third-order valence-electron chi connectivity index (χ3n) is 5.03. The number of hydrogen-bond donors (Lipinski definition) is 2. The van der Waals surface area contributed by atoms with Crippen molar-refractivity contribution in [1.82, 2.24) is 5.32 Å². The van der Waals surface area contributed by atoms with E-state index in [1.54, 1.807) is 6.07 Å². The van der Waals surface area contributed by atoms with Gasteiger partial charge in [0.2, 0.25) is 5.91 Å². The van der Waals surface area contributed by atoms with Crippen LogP contribution < -0.4 is 15.5 Å². The van der Waals surface area contributed by atoms with Crippen LogP contribution in [0.2, 0.25) is 0 Å². The fraction of sp³-hybridized carbons (Fsp3) is 0.391. The number of anilines is 2. The van der Waals surface area contributed by atoms with Gasteiger partial charge in [0.15, 0.2) is 0 Å². The second kappa shape index (κ2) is 9.56. The van der Waals surface area contributed by atoms with Gasteiger partial charge in [-0.1, -0.05) is 31.5 Å². The van der Waals surface area contributed by atoms with Crippen molar-refractivity contribution in [3.63, 3.8) is 0 Å². The molecule has 2 N–H and O–H groups in total. The van der Waals surface area contributed by atoms with E-state index in [2.05, 4.69) is 15.5 Å². The van der Waals surface area contributed by atoms with E-state index < -0.39 is 6.04 Å². The van der Waals surface area contributed by atoms with Crippen LogP contribution in [0, 0.1) is 12.8 Å². The fourth-order valence-electron chi connectivity index (χ4n) is 3.34. The Morgan fingerprint density at radius 3 is 2.34 bits per heavy atom. The van der Waals surface area contributed by atoms with Crippen molar-refractivity contribution >= 4 is 23.2 Å². The maximum atomic E-state index is 12.8. The Morgan fingerprint density at radius 1 is 1.03 bits per heavy atom. The predicted octanol–water partition coefficient (Wildman–Crippen LogP) is 3.22. The molecule has 0 aromatic heterocycles. The molecule has 1 fully saturated rings. The maximum Gasteiger partial charge on any atom is 0.251 e. The lowest BCUT2D eigenvalue weighted by atomic mass is 10.0. The van der Waals surface area contributed by atoms with Gasteiger partial charge in [0.1, 0.15) is 6.04 Å².